The molecule has 2 aromatic carbocycles. The van der Waals surface area contributed by atoms with Gasteiger partial charge in [0.25, 0.3) is 5.91 Å². The van der Waals surface area contributed by atoms with Crippen molar-refractivity contribution in [2.24, 2.45) is 0 Å². The number of hydrogen-bond donors (Lipinski definition) is 0. The number of carbonyl (C=O) groups excluding carboxylic acids is 1. The lowest BCUT2D eigenvalue weighted by atomic mass is 10.1. The fourth-order valence-electron chi connectivity index (χ4n) is 4.60. The number of anilines is 2. The quantitative estimate of drug-likeness (QED) is 0.267. The fourth-order valence-corrected chi connectivity index (χ4v) is 5.62. The van der Waals surface area contributed by atoms with Gasteiger partial charge in [-0.15, -0.1) is 0 Å². The van der Waals surface area contributed by atoms with Crippen LogP contribution < -0.4 is 9.80 Å². The second-order valence-corrected chi connectivity index (χ2v) is 10.3. The molecule has 188 valence electrons. The summed E-state index contributed by atoms with van der Waals surface area (Å²) in [4.78, 5) is 28.6. The van der Waals surface area contributed by atoms with Crippen molar-refractivity contribution < 1.29 is 9.53 Å². The summed E-state index contributed by atoms with van der Waals surface area (Å²) in [5.41, 5.74) is 4.35. The van der Waals surface area contributed by atoms with Gasteiger partial charge in [-0.05, 0) is 36.2 Å². The van der Waals surface area contributed by atoms with E-state index < -0.39 is 0 Å². The Morgan fingerprint density at radius 1 is 0.944 bits per heavy atom. The summed E-state index contributed by atoms with van der Waals surface area (Å²) in [5.74, 6) is 1.57. The van der Waals surface area contributed by atoms with E-state index in [2.05, 4.69) is 46.0 Å². The molecule has 9 heteroatoms. The zero-order valence-electron chi connectivity index (χ0n) is 20.4. The largest absolute Gasteiger partial charge is 0.378 e. The molecule has 0 aliphatic carbocycles. The first-order valence-corrected chi connectivity index (χ1v) is 13.6. The second-order valence-electron chi connectivity index (χ2n) is 8.99. The number of hydrogen-bond acceptors (Lipinski definition) is 7. The summed E-state index contributed by atoms with van der Waals surface area (Å²) in [6.45, 7) is 8.22. The van der Waals surface area contributed by atoms with E-state index in [9.17, 15) is 4.79 Å². The number of ether oxygens (including phenoxy) is 1. The molecule has 3 heterocycles. The molecule has 0 N–H and O–H groups in total. The number of thioether (sulfide) groups is 1. The smallest absolute Gasteiger partial charge is 0.254 e. The van der Waals surface area contributed by atoms with Crippen LogP contribution in [0.3, 0.4) is 0 Å². The number of piperazine rings is 1. The molecule has 2 fully saturated rings. The highest BCUT2D eigenvalue weighted by molar-refractivity contribution is 7.98. The monoisotopic (exact) mass is 523 g/mol. The zero-order chi connectivity index (χ0) is 24.9. The third kappa shape index (κ3) is 5.94. The van der Waals surface area contributed by atoms with Gasteiger partial charge in [0, 0.05) is 62.3 Å². The average molecular weight is 524 g/mol. The molecule has 2 aliphatic rings. The molecule has 0 atom stereocenters. The minimum atomic E-state index is 0.0521. The van der Waals surface area contributed by atoms with Crippen molar-refractivity contribution in [2.45, 2.75) is 17.8 Å². The zero-order valence-corrected chi connectivity index (χ0v) is 22.0. The molecule has 0 radical (unpaired) electrons. The molecule has 2 saturated heterocycles. The van der Waals surface area contributed by atoms with E-state index in [1.54, 1.807) is 0 Å². The number of nitrogens with zero attached hydrogens (tertiary/aromatic N) is 5. The van der Waals surface area contributed by atoms with Crippen molar-refractivity contribution in [2.75, 3.05) is 62.3 Å². The van der Waals surface area contributed by atoms with Crippen molar-refractivity contribution >= 4 is 40.8 Å². The molecule has 0 spiro atoms. The van der Waals surface area contributed by atoms with Crippen molar-refractivity contribution in [1.29, 1.82) is 0 Å². The van der Waals surface area contributed by atoms with Crippen LogP contribution in [0.1, 0.15) is 21.5 Å². The molecule has 0 unspecified atom stereocenters. The molecule has 36 heavy (non-hydrogen) atoms. The van der Waals surface area contributed by atoms with Gasteiger partial charge in [0.15, 0.2) is 5.16 Å². The Labute approximate surface area is 221 Å². The van der Waals surface area contributed by atoms with Crippen molar-refractivity contribution in [3.8, 4) is 0 Å². The van der Waals surface area contributed by atoms with Crippen molar-refractivity contribution in [3.63, 3.8) is 0 Å². The fraction of sp³-hybridized carbons (Fsp3) is 0.370. The normalized spacial score (nSPS) is 16.3. The molecule has 0 bridgehead atoms. The Hall–Kier alpha value is -2.81. The van der Waals surface area contributed by atoms with Gasteiger partial charge in [0.1, 0.15) is 11.0 Å². The first-order chi connectivity index (χ1) is 17.6. The number of carbonyl (C=O) groups is 1. The van der Waals surface area contributed by atoms with Gasteiger partial charge in [-0.3, -0.25) is 4.79 Å². The number of halogens is 1. The predicted octanol–water partition coefficient (Wildman–Crippen LogP) is 4.53. The van der Waals surface area contributed by atoms with E-state index in [1.165, 1.54) is 23.0 Å². The molecular formula is C27H30ClN5O2S. The topological polar surface area (TPSA) is 61.8 Å². The Balaban J connectivity index is 1.21. The van der Waals surface area contributed by atoms with E-state index in [1.807, 2.05) is 35.2 Å². The minimum Gasteiger partial charge on any atom is -0.378 e. The van der Waals surface area contributed by atoms with Crippen LogP contribution in [0.25, 0.3) is 0 Å². The number of benzene rings is 2. The van der Waals surface area contributed by atoms with Crippen LogP contribution in [0.4, 0.5) is 11.5 Å². The number of aryl methyl sites for hydroxylation is 1. The molecule has 2 aliphatic heterocycles. The Kier molecular flexibility index (Phi) is 7.94. The van der Waals surface area contributed by atoms with Crippen LogP contribution in [0.5, 0.6) is 0 Å². The summed E-state index contributed by atoms with van der Waals surface area (Å²) < 4.78 is 5.36. The molecular weight excluding hydrogens is 494 g/mol. The van der Waals surface area contributed by atoms with Gasteiger partial charge in [-0.2, -0.15) is 0 Å². The predicted molar refractivity (Wildman–Crippen MR) is 145 cm³/mol. The summed E-state index contributed by atoms with van der Waals surface area (Å²) >= 11 is 7.92. The highest BCUT2D eigenvalue weighted by atomic mass is 35.5. The van der Waals surface area contributed by atoms with Gasteiger partial charge in [-0.25, -0.2) is 9.97 Å². The Morgan fingerprint density at radius 2 is 1.69 bits per heavy atom. The molecule has 7 nitrogen and oxygen atoms in total. The number of amides is 1. The van der Waals surface area contributed by atoms with Crippen LogP contribution in [-0.4, -0.2) is 73.3 Å². The number of aromatic nitrogens is 2. The maximum Gasteiger partial charge on any atom is 0.254 e. The van der Waals surface area contributed by atoms with Gasteiger partial charge in [0.05, 0.1) is 13.2 Å². The molecule has 0 saturated carbocycles. The lowest BCUT2D eigenvalue weighted by molar-refractivity contribution is 0.0303. The van der Waals surface area contributed by atoms with Crippen molar-refractivity contribution in [1.82, 2.24) is 14.9 Å². The molecule has 1 amide bonds. The minimum absolute atomic E-state index is 0.0521. The summed E-state index contributed by atoms with van der Waals surface area (Å²) in [6.07, 6.45) is 0. The highest BCUT2D eigenvalue weighted by Crippen LogP contribution is 2.27. The molecule has 5 rings (SSSR count). The third-order valence-electron chi connectivity index (χ3n) is 6.56. The average Bonchev–Trinajstić information content (AvgIpc) is 2.92. The van der Waals surface area contributed by atoms with Crippen LogP contribution >= 0.6 is 23.4 Å². The Morgan fingerprint density at radius 3 is 2.47 bits per heavy atom. The maximum absolute atomic E-state index is 12.8. The number of para-hydroxylation sites is 1. The van der Waals surface area contributed by atoms with Crippen LogP contribution in [0.2, 0.25) is 5.15 Å². The lowest BCUT2D eigenvalue weighted by Crippen LogP contribution is -2.47. The van der Waals surface area contributed by atoms with E-state index in [0.717, 1.165) is 37.6 Å². The van der Waals surface area contributed by atoms with E-state index >= 15 is 0 Å². The van der Waals surface area contributed by atoms with Gasteiger partial charge in [-0.1, -0.05) is 53.7 Å². The summed E-state index contributed by atoms with van der Waals surface area (Å²) in [7, 11) is 0. The van der Waals surface area contributed by atoms with E-state index in [0.29, 0.717) is 47.9 Å². The highest BCUT2D eigenvalue weighted by Gasteiger charge is 2.21. The van der Waals surface area contributed by atoms with Crippen LogP contribution in [-0.2, 0) is 10.5 Å². The summed E-state index contributed by atoms with van der Waals surface area (Å²) in [5, 5.41) is 1.09. The summed E-state index contributed by atoms with van der Waals surface area (Å²) in [6, 6.07) is 18.1. The van der Waals surface area contributed by atoms with Crippen molar-refractivity contribution in [3.05, 3.63) is 76.4 Å². The SMILES string of the molecule is Cc1ccccc1N1CCN(c2cc(Cl)nc(SCc3cccc(C(=O)N4CCOCC4)c3)n2)CC1. The number of morpholine rings is 1. The van der Waals surface area contributed by atoms with Crippen LogP contribution in [0.15, 0.2) is 59.8 Å². The van der Waals surface area contributed by atoms with Gasteiger partial charge < -0.3 is 19.4 Å². The van der Waals surface area contributed by atoms with Crippen LogP contribution in [0, 0.1) is 6.92 Å². The first-order valence-electron chi connectivity index (χ1n) is 12.3. The maximum atomic E-state index is 12.8. The van der Waals surface area contributed by atoms with Gasteiger partial charge in [0.2, 0.25) is 0 Å². The third-order valence-corrected chi connectivity index (χ3v) is 7.67. The first kappa shape index (κ1) is 24.9. The lowest BCUT2D eigenvalue weighted by Gasteiger charge is -2.37. The standard InChI is InChI=1S/C27H30ClN5O2S/c1-20-5-2-3-8-23(20)31-9-11-32(12-10-31)25-18-24(28)29-27(30-25)36-19-21-6-4-7-22(17-21)26(34)33-13-15-35-16-14-33/h2-8,17-18H,9-16,19H2,1H3. The van der Waals surface area contributed by atoms with E-state index in [4.69, 9.17) is 21.3 Å². The number of rotatable bonds is 6. The molecule has 3 aromatic rings. The van der Waals surface area contributed by atoms with E-state index in [-0.39, 0.29) is 5.91 Å². The molecule has 1 aromatic heterocycles. The van der Waals surface area contributed by atoms with Gasteiger partial charge >= 0.3 is 0 Å². The Bertz CT molecular complexity index is 1210. The second kappa shape index (κ2) is 11.5.